The van der Waals surface area contributed by atoms with Crippen LogP contribution in [0.15, 0.2) is 83.3 Å². The van der Waals surface area contributed by atoms with Crippen LogP contribution in [0.25, 0.3) is 0 Å². The Labute approximate surface area is 183 Å². The van der Waals surface area contributed by atoms with Gasteiger partial charge in [-0.05, 0) is 47.5 Å². The van der Waals surface area contributed by atoms with Crippen LogP contribution in [0.2, 0.25) is 0 Å². The van der Waals surface area contributed by atoms with Gasteiger partial charge in [0.1, 0.15) is 17.7 Å². The summed E-state index contributed by atoms with van der Waals surface area (Å²) in [6, 6.07) is 25.7. The van der Waals surface area contributed by atoms with Gasteiger partial charge in [0.05, 0.1) is 0 Å². The highest BCUT2D eigenvalue weighted by Crippen LogP contribution is 2.39. The number of hydrogen-bond acceptors (Lipinski definition) is 3. The monoisotopic (exact) mass is 468 g/mol. The molecule has 0 radical (unpaired) electrons. The maximum absolute atomic E-state index is 12.8. The summed E-state index contributed by atoms with van der Waals surface area (Å²) in [5.74, 6) is 1.72. The minimum absolute atomic E-state index is 0.0225. The molecule has 29 heavy (non-hydrogen) atoms. The van der Waals surface area contributed by atoms with E-state index in [4.69, 9.17) is 4.74 Å². The molecule has 1 unspecified atom stereocenters. The summed E-state index contributed by atoms with van der Waals surface area (Å²) >= 11 is 5.18. The fourth-order valence-electron chi connectivity index (χ4n) is 3.18. The van der Waals surface area contributed by atoms with Crippen molar-refractivity contribution in [2.75, 3.05) is 17.6 Å². The van der Waals surface area contributed by atoms with Crippen molar-refractivity contribution in [3.8, 4) is 5.75 Å². The second-order valence-corrected chi connectivity index (χ2v) is 8.80. The zero-order chi connectivity index (χ0) is 20.1. The van der Waals surface area contributed by atoms with E-state index in [1.807, 2.05) is 77.7 Å². The highest BCUT2D eigenvalue weighted by atomic mass is 79.9. The molecular weight excluding hydrogens is 448 g/mol. The van der Waals surface area contributed by atoms with Crippen LogP contribution in [0.1, 0.15) is 16.5 Å². The predicted octanol–water partition coefficient (Wildman–Crippen LogP) is 6.31. The van der Waals surface area contributed by atoms with Gasteiger partial charge in [0.25, 0.3) is 0 Å². The Morgan fingerprint density at radius 1 is 1.07 bits per heavy atom. The summed E-state index contributed by atoms with van der Waals surface area (Å²) in [6.07, 6.45) is 0. The third kappa shape index (κ3) is 5.14. The number of urea groups is 1. The molecule has 148 valence electrons. The van der Waals surface area contributed by atoms with E-state index in [0.717, 1.165) is 32.8 Å². The average molecular weight is 469 g/mol. The Balaban J connectivity index is 1.44. The van der Waals surface area contributed by atoms with Crippen LogP contribution in [0.5, 0.6) is 5.75 Å². The number of carbonyl (C=O) groups excluding carboxylic acids is 1. The van der Waals surface area contributed by atoms with Crippen LogP contribution in [-0.2, 0) is 6.61 Å². The number of halogens is 1. The van der Waals surface area contributed by atoms with Crippen LogP contribution in [0, 0.1) is 0 Å². The van der Waals surface area contributed by atoms with E-state index < -0.39 is 0 Å². The summed E-state index contributed by atoms with van der Waals surface area (Å²) in [5.41, 5.74) is 2.99. The van der Waals surface area contributed by atoms with Gasteiger partial charge in [-0.3, -0.25) is 0 Å². The van der Waals surface area contributed by atoms with Gasteiger partial charge >= 0.3 is 6.03 Å². The third-order valence-corrected chi connectivity index (χ3v) is 6.43. The smallest absolute Gasteiger partial charge is 0.323 e. The summed E-state index contributed by atoms with van der Waals surface area (Å²) in [6.45, 7) is 1.24. The van der Waals surface area contributed by atoms with Crippen molar-refractivity contribution in [1.29, 1.82) is 0 Å². The Hall–Kier alpha value is -2.44. The molecule has 1 N–H and O–H groups in total. The van der Waals surface area contributed by atoms with Crippen LogP contribution >= 0.6 is 27.7 Å². The lowest BCUT2D eigenvalue weighted by Crippen LogP contribution is -2.34. The molecule has 6 heteroatoms. The molecule has 1 atom stereocenters. The number of nitrogens with zero attached hydrogens (tertiary/aromatic N) is 1. The minimum Gasteiger partial charge on any atom is -0.489 e. The van der Waals surface area contributed by atoms with Gasteiger partial charge < -0.3 is 15.0 Å². The van der Waals surface area contributed by atoms with Gasteiger partial charge in [-0.15, -0.1) is 11.8 Å². The van der Waals surface area contributed by atoms with Crippen LogP contribution in [-0.4, -0.2) is 23.2 Å². The topological polar surface area (TPSA) is 41.6 Å². The van der Waals surface area contributed by atoms with Crippen LogP contribution < -0.4 is 10.1 Å². The molecule has 0 aromatic heterocycles. The highest BCUT2D eigenvalue weighted by molar-refractivity contribution is 9.10. The van der Waals surface area contributed by atoms with E-state index in [1.54, 1.807) is 11.8 Å². The number of hydrogen-bond donors (Lipinski definition) is 1. The molecule has 0 saturated carbocycles. The first kappa shape index (κ1) is 19.9. The number of ether oxygens (including phenoxy) is 1. The predicted molar refractivity (Wildman–Crippen MR) is 122 cm³/mol. The van der Waals surface area contributed by atoms with Gasteiger partial charge in [-0.25, -0.2) is 4.79 Å². The number of anilines is 1. The van der Waals surface area contributed by atoms with Crippen molar-refractivity contribution in [2.24, 2.45) is 0 Å². The van der Waals surface area contributed by atoms with Gasteiger partial charge in [0.15, 0.2) is 0 Å². The molecule has 3 aromatic carbocycles. The van der Waals surface area contributed by atoms with E-state index in [0.29, 0.717) is 13.2 Å². The second kappa shape index (κ2) is 9.37. The number of amides is 2. The van der Waals surface area contributed by atoms with Gasteiger partial charge in [0, 0.05) is 22.5 Å². The first-order chi connectivity index (χ1) is 14.2. The molecule has 3 aromatic rings. The number of thioether (sulfide) groups is 1. The van der Waals surface area contributed by atoms with Crippen molar-refractivity contribution in [1.82, 2.24) is 4.90 Å². The molecule has 0 aliphatic carbocycles. The standard InChI is InChI=1S/C23H21BrN2O2S/c24-19-9-11-20(12-10-19)25-23(27)26-13-14-29-22(26)18-7-4-8-21(15-18)28-16-17-5-2-1-3-6-17/h1-12,15,22H,13-14,16H2,(H,25,27). The SMILES string of the molecule is O=C(Nc1ccc(Br)cc1)N1CCSC1c1cccc(OCc2ccccc2)c1. The first-order valence-corrected chi connectivity index (χ1v) is 11.2. The van der Waals surface area contributed by atoms with Crippen molar-refractivity contribution in [3.05, 3.63) is 94.5 Å². The maximum Gasteiger partial charge on any atom is 0.323 e. The van der Waals surface area contributed by atoms with Crippen LogP contribution in [0.3, 0.4) is 0 Å². The summed E-state index contributed by atoms with van der Waals surface area (Å²) < 4.78 is 6.95. The van der Waals surface area contributed by atoms with Crippen molar-refractivity contribution < 1.29 is 9.53 Å². The molecular formula is C23H21BrN2O2S. The number of benzene rings is 3. The van der Waals surface area contributed by atoms with Crippen molar-refractivity contribution in [3.63, 3.8) is 0 Å². The lowest BCUT2D eigenvalue weighted by Gasteiger charge is -2.25. The Kier molecular flexibility index (Phi) is 6.42. The molecule has 1 saturated heterocycles. The molecule has 1 heterocycles. The van der Waals surface area contributed by atoms with E-state index in [-0.39, 0.29) is 11.4 Å². The molecule has 1 aliphatic heterocycles. The Morgan fingerprint density at radius 3 is 2.66 bits per heavy atom. The van der Waals surface area contributed by atoms with Gasteiger partial charge in [0.2, 0.25) is 0 Å². The van der Waals surface area contributed by atoms with Crippen molar-refractivity contribution in [2.45, 2.75) is 12.0 Å². The van der Waals surface area contributed by atoms with Crippen molar-refractivity contribution >= 4 is 39.4 Å². The summed E-state index contributed by atoms with van der Waals surface area (Å²) in [4.78, 5) is 14.7. The molecule has 0 bridgehead atoms. The lowest BCUT2D eigenvalue weighted by molar-refractivity contribution is 0.214. The third-order valence-electron chi connectivity index (χ3n) is 4.64. The number of nitrogens with one attached hydrogen (secondary N) is 1. The highest BCUT2D eigenvalue weighted by Gasteiger charge is 2.31. The summed E-state index contributed by atoms with van der Waals surface area (Å²) in [7, 11) is 0. The normalized spacial score (nSPS) is 15.9. The molecule has 1 fully saturated rings. The lowest BCUT2D eigenvalue weighted by atomic mass is 10.2. The van der Waals surface area contributed by atoms with E-state index >= 15 is 0 Å². The zero-order valence-corrected chi connectivity index (χ0v) is 18.2. The van der Waals surface area contributed by atoms with Gasteiger partial charge in [-0.1, -0.05) is 58.4 Å². The number of rotatable bonds is 5. The average Bonchev–Trinajstić information content (AvgIpc) is 3.25. The summed E-state index contributed by atoms with van der Waals surface area (Å²) in [5, 5.41) is 2.97. The number of carbonyl (C=O) groups is 1. The molecule has 1 aliphatic rings. The maximum atomic E-state index is 12.8. The van der Waals surface area contributed by atoms with E-state index in [9.17, 15) is 4.79 Å². The van der Waals surface area contributed by atoms with Crippen LogP contribution in [0.4, 0.5) is 10.5 Å². The minimum atomic E-state index is -0.0853. The zero-order valence-electron chi connectivity index (χ0n) is 15.8. The van der Waals surface area contributed by atoms with E-state index in [1.165, 1.54) is 0 Å². The molecule has 4 rings (SSSR count). The quantitative estimate of drug-likeness (QED) is 0.476. The fraction of sp³-hybridized carbons (Fsp3) is 0.174. The Bertz CT molecular complexity index is 966. The molecule has 0 spiro atoms. The fourth-order valence-corrected chi connectivity index (χ4v) is 4.69. The van der Waals surface area contributed by atoms with Gasteiger partial charge in [-0.2, -0.15) is 0 Å². The Morgan fingerprint density at radius 2 is 1.86 bits per heavy atom. The first-order valence-electron chi connectivity index (χ1n) is 9.40. The second-order valence-electron chi connectivity index (χ2n) is 6.70. The largest absolute Gasteiger partial charge is 0.489 e. The molecule has 4 nitrogen and oxygen atoms in total. The molecule has 2 amide bonds. The van der Waals surface area contributed by atoms with E-state index in [2.05, 4.69) is 27.3 Å².